The minimum atomic E-state index is -1.35. The zero-order valence-corrected chi connectivity index (χ0v) is 29.7. The quantitative estimate of drug-likeness (QED) is 0.0679. The summed E-state index contributed by atoms with van der Waals surface area (Å²) in [4.78, 5) is 44.1. The predicted molar refractivity (Wildman–Crippen MR) is 204 cm³/mol. The Balaban J connectivity index is 1.28. The van der Waals surface area contributed by atoms with Gasteiger partial charge in [-0.05, 0) is 89.5 Å². The fraction of sp³-hybridized carbons (Fsp3) is 0.133. The number of benzene rings is 6. The third kappa shape index (κ3) is 6.26. The standard InChI is InChI=1S/C45H34O12/c46-24-7-1-21(2-8-24)35-36(22-3-9-25(47)10-4-22)39(38(35)41(53)29-15-13-27(49)19-32(29)51)44(56)31-17-18-34-37(43(31)55)40(42(54)30-16-14-28(50)20-33(30)52)45(57-34)23-5-11-26(48)12-6-23/h1-20,35-36,38-40,45-52,55H/t35-,36-,38+,39-,40+,45+/m0/s1. The third-order valence-electron chi connectivity index (χ3n) is 11.0. The number of ketones is 3. The first-order chi connectivity index (χ1) is 27.3. The van der Waals surface area contributed by atoms with Crippen LogP contribution < -0.4 is 4.74 Å². The lowest BCUT2D eigenvalue weighted by Gasteiger charge is -2.51. The highest BCUT2D eigenvalue weighted by Gasteiger charge is 2.59. The maximum Gasteiger partial charge on any atom is 0.178 e. The molecule has 1 aliphatic carbocycles. The Bertz CT molecular complexity index is 2560. The van der Waals surface area contributed by atoms with Crippen molar-refractivity contribution in [3.05, 3.63) is 160 Å². The molecule has 57 heavy (non-hydrogen) atoms. The summed E-state index contributed by atoms with van der Waals surface area (Å²) in [5, 5.41) is 83.9. The van der Waals surface area contributed by atoms with E-state index in [4.69, 9.17) is 4.74 Å². The van der Waals surface area contributed by atoms with E-state index in [1.807, 2.05) is 0 Å². The Morgan fingerprint density at radius 1 is 0.421 bits per heavy atom. The lowest BCUT2D eigenvalue weighted by molar-refractivity contribution is 0.0452. The van der Waals surface area contributed by atoms with E-state index in [-0.39, 0.29) is 56.8 Å². The Morgan fingerprint density at radius 2 is 0.807 bits per heavy atom. The van der Waals surface area contributed by atoms with Gasteiger partial charge in [0.15, 0.2) is 17.3 Å². The molecule has 8 rings (SSSR count). The summed E-state index contributed by atoms with van der Waals surface area (Å²) in [6.45, 7) is 0. The molecule has 1 aliphatic heterocycles. The van der Waals surface area contributed by atoms with E-state index in [1.54, 1.807) is 24.3 Å². The first-order valence-electron chi connectivity index (χ1n) is 17.9. The molecule has 286 valence electrons. The molecule has 8 N–H and O–H groups in total. The van der Waals surface area contributed by atoms with Crippen molar-refractivity contribution in [2.45, 2.75) is 23.9 Å². The summed E-state index contributed by atoms with van der Waals surface area (Å²) in [6.07, 6.45) is -1.10. The first kappa shape index (κ1) is 36.5. The van der Waals surface area contributed by atoms with Crippen LogP contribution in [0, 0.1) is 11.8 Å². The van der Waals surface area contributed by atoms with Crippen molar-refractivity contribution in [1.29, 1.82) is 0 Å². The van der Waals surface area contributed by atoms with Gasteiger partial charge in [0.1, 0.15) is 57.8 Å². The van der Waals surface area contributed by atoms with E-state index in [0.29, 0.717) is 16.7 Å². The summed E-state index contributed by atoms with van der Waals surface area (Å²) in [7, 11) is 0. The van der Waals surface area contributed by atoms with Crippen molar-refractivity contribution >= 4 is 17.3 Å². The number of phenols is 8. The number of ether oxygens (including phenoxy) is 1. The van der Waals surface area contributed by atoms with Crippen LogP contribution in [0.5, 0.6) is 51.7 Å². The molecule has 12 nitrogen and oxygen atoms in total. The molecule has 0 radical (unpaired) electrons. The van der Waals surface area contributed by atoms with Gasteiger partial charge in [-0.3, -0.25) is 14.4 Å². The first-order valence-corrected chi connectivity index (χ1v) is 17.9. The number of Topliss-reactive ketones (excluding diaryl/α,β-unsaturated/α-hetero) is 3. The lowest BCUT2D eigenvalue weighted by atomic mass is 9.49. The number of carbonyl (C=O) groups excluding carboxylic acids is 3. The van der Waals surface area contributed by atoms with Crippen LogP contribution in [0.4, 0.5) is 0 Å². The predicted octanol–water partition coefficient (Wildman–Crippen LogP) is 7.31. The SMILES string of the molecule is O=C(c1ccc2c(c1O)[C@H](C(=O)c1ccc(O)cc1O)[C@@H](c1ccc(O)cc1)O2)[C@@H]1[C@H](C(=O)c2ccc(O)cc2O)[C@@H](c2ccc(O)cc2)[C@@H]1c1ccc(O)cc1. The van der Waals surface area contributed by atoms with Gasteiger partial charge in [0.25, 0.3) is 0 Å². The number of hydrogen-bond acceptors (Lipinski definition) is 12. The molecular weight excluding hydrogens is 732 g/mol. The van der Waals surface area contributed by atoms with Crippen molar-refractivity contribution in [2.75, 3.05) is 0 Å². The average molecular weight is 767 g/mol. The molecule has 1 fully saturated rings. The maximum atomic E-state index is 15.1. The van der Waals surface area contributed by atoms with Crippen LogP contribution in [0.1, 0.15) is 77.2 Å². The Morgan fingerprint density at radius 3 is 1.26 bits per heavy atom. The largest absolute Gasteiger partial charge is 0.508 e. The Labute approximate surface area is 324 Å². The van der Waals surface area contributed by atoms with Crippen molar-refractivity contribution < 1.29 is 60.0 Å². The smallest absolute Gasteiger partial charge is 0.178 e. The molecule has 0 spiro atoms. The summed E-state index contributed by atoms with van der Waals surface area (Å²) >= 11 is 0. The monoisotopic (exact) mass is 766 g/mol. The molecule has 1 heterocycles. The molecule has 6 aromatic rings. The molecule has 1 saturated carbocycles. The van der Waals surface area contributed by atoms with E-state index < -0.39 is 70.3 Å². The van der Waals surface area contributed by atoms with E-state index >= 15 is 4.79 Å². The van der Waals surface area contributed by atoms with Crippen LogP contribution in [0.25, 0.3) is 0 Å². The van der Waals surface area contributed by atoms with Gasteiger partial charge < -0.3 is 45.6 Å². The number of fused-ring (bicyclic) bond motifs is 1. The van der Waals surface area contributed by atoms with Crippen molar-refractivity contribution in [3.8, 4) is 51.7 Å². The second kappa shape index (κ2) is 14.0. The van der Waals surface area contributed by atoms with Crippen LogP contribution in [0.3, 0.4) is 0 Å². The van der Waals surface area contributed by atoms with Gasteiger partial charge in [0.2, 0.25) is 0 Å². The van der Waals surface area contributed by atoms with E-state index in [1.165, 1.54) is 84.9 Å². The van der Waals surface area contributed by atoms with Crippen LogP contribution in [0.15, 0.2) is 121 Å². The van der Waals surface area contributed by atoms with Gasteiger partial charge >= 0.3 is 0 Å². The molecule has 12 heteroatoms. The highest BCUT2D eigenvalue weighted by atomic mass is 16.5. The fourth-order valence-electron chi connectivity index (χ4n) is 8.35. The van der Waals surface area contributed by atoms with Crippen LogP contribution in [0.2, 0.25) is 0 Å². The molecule has 6 atom stereocenters. The second-order valence-electron chi connectivity index (χ2n) is 14.3. The molecule has 2 aliphatic rings. The molecule has 6 aromatic carbocycles. The van der Waals surface area contributed by atoms with Crippen molar-refractivity contribution in [3.63, 3.8) is 0 Å². The number of carbonyl (C=O) groups is 3. The molecule has 0 amide bonds. The molecule has 0 aromatic heterocycles. The summed E-state index contributed by atoms with van der Waals surface area (Å²) < 4.78 is 6.24. The van der Waals surface area contributed by atoms with Crippen LogP contribution in [-0.4, -0.2) is 58.2 Å². The van der Waals surface area contributed by atoms with E-state index in [2.05, 4.69) is 0 Å². The highest BCUT2D eigenvalue weighted by molar-refractivity contribution is 6.11. The van der Waals surface area contributed by atoms with Crippen LogP contribution in [-0.2, 0) is 0 Å². The van der Waals surface area contributed by atoms with Gasteiger partial charge in [0.05, 0.1) is 28.2 Å². The molecule has 0 bridgehead atoms. The highest BCUT2D eigenvalue weighted by Crippen LogP contribution is 2.61. The lowest BCUT2D eigenvalue weighted by Crippen LogP contribution is -2.51. The minimum absolute atomic E-state index is 0.0356. The zero-order chi connectivity index (χ0) is 40.3. The van der Waals surface area contributed by atoms with Gasteiger partial charge in [-0.2, -0.15) is 0 Å². The number of hydrogen-bond donors (Lipinski definition) is 8. The second-order valence-corrected chi connectivity index (χ2v) is 14.3. The summed E-state index contributed by atoms with van der Waals surface area (Å²) in [5.74, 6) is -9.54. The Hall–Kier alpha value is -7.47. The summed E-state index contributed by atoms with van der Waals surface area (Å²) in [6, 6.07) is 27.7. The normalized spacial score (nSPS) is 20.8. The van der Waals surface area contributed by atoms with E-state index in [9.17, 15) is 50.4 Å². The number of phenolic OH excluding ortho intramolecular Hbond substituents is 8. The minimum Gasteiger partial charge on any atom is -0.508 e. The molecule has 0 unspecified atom stereocenters. The Kier molecular flexibility index (Phi) is 8.96. The van der Waals surface area contributed by atoms with Gasteiger partial charge in [-0.25, -0.2) is 0 Å². The molecule has 0 saturated heterocycles. The number of aromatic hydroxyl groups is 8. The maximum absolute atomic E-state index is 15.1. The van der Waals surface area contributed by atoms with Gasteiger partial charge in [-0.15, -0.1) is 0 Å². The van der Waals surface area contributed by atoms with Crippen LogP contribution >= 0.6 is 0 Å². The topological polar surface area (TPSA) is 222 Å². The average Bonchev–Trinajstić information content (AvgIpc) is 3.57. The van der Waals surface area contributed by atoms with Gasteiger partial charge in [-0.1, -0.05) is 36.4 Å². The van der Waals surface area contributed by atoms with Crippen molar-refractivity contribution in [2.24, 2.45) is 11.8 Å². The summed E-state index contributed by atoms with van der Waals surface area (Å²) in [5.41, 5.74) is 0.899. The molecular formula is C45H34O12. The van der Waals surface area contributed by atoms with Gasteiger partial charge in [0, 0.05) is 35.8 Å². The number of rotatable bonds is 9. The third-order valence-corrected chi connectivity index (χ3v) is 11.0. The van der Waals surface area contributed by atoms with E-state index in [0.717, 1.165) is 12.1 Å². The van der Waals surface area contributed by atoms with Crippen molar-refractivity contribution in [1.82, 2.24) is 0 Å². The zero-order valence-electron chi connectivity index (χ0n) is 29.7. The fourth-order valence-corrected chi connectivity index (χ4v) is 8.35.